The Bertz CT molecular complexity index is 439. The molecule has 0 bridgehead atoms. The number of nitrogens with one attached hydrogen (secondary N) is 1. The summed E-state index contributed by atoms with van der Waals surface area (Å²) in [7, 11) is 0. The fourth-order valence-corrected chi connectivity index (χ4v) is 1.48. The fourth-order valence-electron chi connectivity index (χ4n) is 1.48. The average Bonchev–Trinajstić information content (AvgIpc) is 2.39. The zero-order valence-electron chi connectivity index (χ0n) is 9.17. The first kappa shape index (κ1) is 15.0. The van der Waals surface area contributed by atoms with E-state index in [4.69, 9.17) is 4.74 Å². The largest absolute Gasteiger partial charge is 1.00 e. The van der Waals surface area contributed by atoms with Crippen LogP contribution in [0.5, 0.6) is 5.75 Å². The van der Waals surface area contributed by atoms with Crippen molar-refractivity contribution in [1.29, 1.82) is 0 Å². The Morgan fingerprint density at radius 3 is 2.65 bits per heavy atom. The van der Waals surface area contributed by atoms with E-state index in [0.29, 0.717) is 6.54 Å². The second-order valence-electron chi connectivity index (χ2n) is 3.43. The maximum atomic E-state index is 12.5. The molecular formula is C9H8BF3KNO2. The van der Waals surface area contributed by atoms with E-state index in [1.54, 1.807) is 0 Å². The standard InChI is InChI=1S/C9H8BF3NO2.K/c11-10(12,13)6-1-2-8-7(5-6)9(15)14-3-4-16-8;/h1-2,5H,3-4H2,(H,14,15);/q-1;+1. The average molecular weight is 269 g/mol. The number of ether oxygens (including phenoxy) is 1. The van der Waals surface area contributed by atoms with Crippen molar-refractivity contribution in [2.24, 2.45) is 0 Å². The molecule has 0 saturated carbocycles. The van der Waals surface area contributed by atoms with Crippen molar-refractivity contribution in [3.8, 4) is 5.75 Å². The van der Waals surface area contributed by atoms with Crippen LogP contribution in [0.25, 0.3) is 0 Å². The first-order valence-corrected chi connectivity index (χ1v) is 4.73. The van der Waals surface area contributed by atoms with Crippen LogP contribution in [0.15, 0.2) is 18.2 Å². The summed E-state index contributed by atoms with van der Waals surface area (Å²) in [5.74, 6) is -0.340. The van der Waals surface area contributed by atoms with E-state index in [-0.39, 0.29) is 69.3 Å². The first-order valence-electron chi connectivity index (χ1n) is 4.73. The summed E-state index contributed by atoms with van der Waals surface area (Å²) in [6.07, 6.45) is 0. The monoisotopic (exact) mass is 269 g/mol. The van der Waals surface area contributed by atoms with E-state index in [1.165, 1.54) is 6.07 Å². The molecule has 8 heteroatoms. The van der Waals surface area contributed by atoms with Crippen LogP contribution in [0.1, 0.15) is 10.4 Å². The minimum Gasteiger partial charge on any atom is -0.491 e. The van der Waals surface area contributed by atoms with Gasteiger partial charge in [0.1, 0.15) is 12.4 Å². The van der Waals surface area contributed by atoms with Crippen LogP contribution in [0.4, 0.5) is 12.9 Å². The minimum atomic E-state index is -5.09. The number of halogens is 3. The number of hydrogen-bond acceptors (Lipinski definition) is 2. The van der Waals surface area contributed by atoms with Crippen molar-refractivity contribution in [2.45, 2.75) is 0 Å². The summed E-state index contributed by atoms with van der Waals surface area (Å²) in [6.45, 7) is -4.54. The molecular weight excluding hydrogens is 261 g/mol. The van der Waals surface area contributed by atoms with E-state index in [9.17, 15) is 17.7 Å². The van der Waals surface area contributed by atoms with Gasteiger partial charge in [0.05, 0.1) is 12.1 Å². The second kappa shape index (κ2) is 5.75. The predicted molar refractivity (Wildman–Crippen MR) is 53.0 cm³/mol. The molecule has 0 radical (unpaired) electrons. The van der Waals surface area contributed by atoms with Crippen molar-refractivity contribution in [3.63, 3.8) is 0 Å². The van der Waals surface area contributed by atoms with Crippen molar-refractivity contribution < 1.29 is 73.9 Å². The molecule has 1 aromatic rings. The molecule has 1 aliphatic rings. The minimum absolute atomic E-state index is 0. The molecule has 1 aliphatic heterocycles. The molecule has 0 aliphatic carbocycles. The summed E-state index contributed by atoms with van der Waals surface area (Å²) in [5, 5.41) is 2.46. The Balaban J connectivity index is 0.00000144. The van der Waals surface area contributed by atoms with Crippen LogP contribution in [-0.4, -0.2) is 26.0 Å². The normalized spacial score (nSPS) is 14.9. The smallest absolute Gasteiger partial charge is 0.491 e. The first-order chi connectivity index (χ1) is 7.48. The molecule has 0 fully saturated rings. The van der Waals surface area contributed by atoms with Crippen LogP contribution < -0.4 is 66.9 Å². The van der Waals surface area contributed by atoms with Gasteiger partial charge in [0.15, 0.2) is 0 Å². The molecule has 1 amide bonds. The Morgan fingerprint density at radius 1 is 1.29 bits per heavy atom. The third kappa shape index (κ3) is 3.48. The van der Waals surface area contributed by atoms with Gasteiger partial charge in [-0.1, -0.05) is 12.1 Å². The summed E-state index contributed by atoms with van der Waals surface area (Å²) in [5.41, 5.74) is -0.853. The van der Waals surface area contributed by atoms with E-state index in [1.807, 2.05) is 0 Å². The predicted octanol–water partition coefficient (Wildman–Crippen LogP) is -2.13. The molecule has 0 atom stereocenters. The Kier molecular flexibility index (Phi) is 5.08. The van der Waals surface area contributed by atoms with Crippen molar-refractivity contribution in [3.05, 3.63) is 23.8 Å². The van der Waals surface area contributed by atoms with Gasteiger partial charge in [-0.25, -0.2) is 0 Å². The van der Waals surface area contributed by atoms with Crippen LogP contribution >= 0.6 is 0 Å². The maximum Gasteiger partial charge on any atom is 1.00 e. The molecule has 0 spiro atoms. The molecule has 0 saturated heterocycles. The third-order valence-electron chi connectivity index (χ3n) is 2.27. The molecule has 17 heavy (non-hydrogen) atoms. The zero-order valence-corrected chi connectivity index (χ0v) is 12.3. The van der Waals surface area contributed by atoms with Gasteiger partial charge in [0.25, 0.3) is 5.91 Å². The van der Waals surface area contributed by atoms with Gasteiger partial charge in [-0.05, 0) is 6.07 Å². The van der Waals surface area contributed by atoms with E-state index in [2.05, 4.69) is 5.32 Å². The Hall–Kier alpha value is -0.0187. The second-order valence-corrected chi connectivity index (χ2v) is 3.43. The van der Waals surface area contributed by atoms with E-state index < -0.39 is 18.3 Å². The summed E-state index contributed by atoms with van der Waals surface area (Å²) >= 11 is 0. The van der Waals surface area contributed by atoms with Gasteiger partial charge in [-0.2, -0.15) is 0 Å². The maximum absolute atomic E-state index is 12.5. The van der Waals surface area contributed by atoms with E-state index >= 15 is 0 Å². The van der Waals surface area contributed by atoms with Crippen molar-refractivity contribution in [1.82, 2.24) is 5.32 Å². The number of rotatable bonds is 1. The van der Waals surface area contributed by atoms with Gasteiger partial charge in [-0.3, -0.25) is 4.79 Å². The Labute approximate surface area is 139 Å². The van der Waals surface area contributed by atoms with Gasteiger partial charge in [0, 0.05) is 0 Å². The fraction of sp³-hybridized carbons (Fsp3) is 0.222. The number of hydrogen-bond donors (Lipinski definition) is 1. The van der Waals surface area contributed by atoms with Gasteiger partial charge >= 0.3 is 58.4 Å². The summed E-state index contributed by atoms with van der Waals surface area (Å²) < 4.78 is 42.6. The zero-order chi connectivity index (χ0) is 11.8. The van der Waals surface area contributed by atoms with Crippen LogP contribution in [0, 0.1) is 0 Å². The number of amides is 1. The van der Waals surface area contributed by atoms with Gasteiger partial charge in [0.2, 0.25) is 0 Å². The van der Waals surface area contributed by atoms with Gasteiger partial charge < -0.3 is 23.0 Å². The molecule has 3 nitrogen and oxygen atoms in total. The molecule has 1 aromatic carbocycles. The number of benzene rings is 1. The summed E-state index contributed by atoms with van der Waals surface area (Å²) in [4.78, 5) is 11.4. The molecule has 2 rings (SSSR count). The molecule has 1 heterocycles. The van der Waals surface area contributed by atoms with Crippen LogP contribution in [0.2, 0.25) is 0 Å². The molecule has 0 unspecified atom stereocenters. The topological polar surface area (TPSA) is 38.3 Å². The van der Waals surface area contributed by atoms with Crippen LogP contribution in [-0.2, 0) is 0 Å². The molecule has 86 valence electrons. The Morgan fingerprint density at radius 2 is 2.00 bits per heavy atom. The number of carbonyl (C=O) groups excluding carboxylic acids is 1. The molecule has 0 aromatic heterocycles. The summed E-state index contributed by atoms with van der Waals surface area (Å²) in [6, 6.07) is 2.94. The molecule has 1 N–H and O–H groups in total. The quantitative estimate of drug-likeness (QED) is 0.591. The van der Waals surface area contributed by atoms with E-state index in [0.717, 1.165) is 12.1 Å². The van der Waals surface area contributed by atoms with Crippen LogP contribution in [0.3, 0.4) is 0 Å². The van der Waals surface area contributed by atoms with Gasteiger partial charge in [-0.15, -0.1) is 5.46 Å². The SMILES string of the molecule is O=C1NCCOc2ccc([B-](F)(F)F)cc21.[K+]. The van der Waals surface area contributed by atoms with Crippen molar-refractivity contribution >= 4 is 18.3 Å². The number of fused-ring (bicyclic) bond motifs is 1. The third-order valence-corrected chi connectivity index (χ3v) is 2.27. The number of carbonyl (C=O) groups is 1. The van der Waals surface area contributed by atoms with Crippen molar-refractivity contribution in [2.75, 3.05) is 13.2 Å².